The number of aliphatic imine (C=N–C) groups is 1. The van der Waals surface area contributed by atoms with Gasteiger partial charge in [0.15, 0.2) is 0 Å². The van der Waals surface area contributed by atoms with Crippen molar-refractivity contribution in [2.75, 3.05) is 10.8 Å². The third-order valence-electron chi connectivity index (χ3n) is 4.36. The Balaban J connectivity index is 1.97. The van der Waals surface area contributed by atoms with Gasteiger partial charge in [0.1, 0.15) is 6.34 Å². The van der Waals surface area contributed by atoms with Crippen molar-refractivity contribution in [3.8, 4) is 0 Å². The maximum absolute atomic E-state index is 13.5. The summed E-state index contributed by atoms with van der Waals surface area (Å²) in [5.41, 5.74) is 2.86. The second kappa shape index (κ2) is 10.4. The average Bonchev–Trinajstić information content (AvgIpc) is 2.72. The zero-order valence-corrected chi connectivity index (χ0v) is 21.4. The minimum Gasteiger partial charge on any atom is -0.291 e. The Morgan fingerprint density at radius 3 is 2.16 bits per heavy atom. The summed E-state index contributed by atoms with van der Waals surface area (Å²) in [7, 11) is -2.25. The first-order valence-corrected chi connectivity index (χ1v) is 12.7. The summed E-state index contributed by atoms with van der Waals surface area (Å²) in [6.45, 7) is 3.79. The van der Waals surface area contributed by atoms with Gasteiger partial charge >= 0.3 is 0 Å². The molecule has 3 aromatic rings. The van der Waals surface area contributed by atoms with Gasteiger partial charge in [-0.1, -0.05) is 52.5 Å². The zero-order chi connectivity index (χ0) is 23.5. The lowest BCUT2D eigenvalue weighted by atomic mass is 10.2. The number of nitrogens with zero attached hydrogens (tertiary/aromatic N) is 3. The van der Waals surface area contributed by atoms with Crippen molar-refractivity contribution in [2.24, 2.45) is 4.99 Å². The van der Waals surface area contributed by atoms with Crippen LogP contribution < -0.4 is 3.71 Å². The van der Waals surface area contributed by atoms with Crippen LogP contribution in [-0.2, 0) is 10.0 Å². The molecule has 0 bridgehead atoms. The first-order valence-electron chi connectivity index (χ1n) is 9.36. The first kappa shape index (κ1) is 24.7. The summed E-state index contributed by atoms with van der Waals surface area (Å²) in [5, 5.41) is 1.24. The molecule has 0 aliphatic heterocycles. The van der Waals surface area contributed by atoms with Gasteiger partial charge in [0.25, 0.3) is 10.0 Å². The number of anilines is 1. The van der Waals surface area contributed by atoms with Crippen LogP contribution >= 0.6 is 46.9 Å². The number of hydrogen-bond donors (Lipinski definition) is 0. The molecule has 0 fully saturated rings. The number of aryl methyl sites for hydroxylation is 2. The number of rotatable bonds is 7. The zero-order valence-electron chi connectivity index (χ0n) is 17.5. The van der Waals surface area contributed by atoms with Crippen molar-refractivity contribution < 1.29 is 8.42 Å². The molecule has 0 aliphatic rings. The molecule has 0 heterocycles. The van der Waals surface area contributed by atoms with E-state index in [9.17, 15) is 8.42 Å². The highest BCUT2D eigenvalue weighted by Crippen LogP contribution is 2.38. The average molecular weight is 529 g/mol. The lowest BCUT2D eigenvalue weighted by Gasteiger charge is -2.26. The molecule has 168 valence electrons. The number of benzene rings is 3. The fourth-order valence-electron chi connectivity index (χ4n) is 2.70. The van der Waals surface area contributed by atoms with Gasteiger partial charge in [-0.25, -0.2) is 13.4 Å². The molecule has 0 N–H and O–H groups in total. The first-order chi connectivity index (χ1) is 15.1. The van der Waals surface area contributed by atoms with Gasteiger partial charge in [-0.05, 0) is 67.9 Å². The van der Waals surface area contributed by atoms with Crippen LogP contribution in [0.5, 0.6) is 0 Å². The molecular formula is C22H20Cl3N3O2S2. The van der Waals surface area contributed by atoms with Crippen molar-refractivity contribution in [2.45, 2.75) is 18.7 Å². The molecule has 3 rings (SSSR count). The summed E-state index contributed by atoms with van der Waals surface area (Å²) in [5.74, 6) is 0. The normalized spacial score (nSPS) is 11.7. The van der Waals surface area contributed by atoms with Gasteiger partial charge < -0.3 is 0 Å². The van der Waals surface area contributed by atoms with Gasteiger partial charge in [0.2, 0.25) is 0 Å². The Hall–Kier alpha value is -1.90. The minimum atomic E-state index is -3.95. The summed E-state index contributed by atoms with van der Waals surface area (Å²) in [6, 6.07) is 16.6. The Bertz CT molecular complexity index is 1250. The molecule has 0 aromatic heterocycles. The lowest BCUT2D eigenvalue weighted by Crippen LogP contribution is -2.29. The molecular weight excluding hydrogens is 509 g/mol. The molecule has 5 nitrogen and oxygen atoms in total. The fraction of sp³-hybridized carbons (Fsp3) is 0.136. The van der Waals surface area contributed by atoms with Crippen LogP contribution in [0.25, 0.3) is 0 Å². The highest BCUT2D eigenvalue weighted by Gasteiger charge is 2.29. The van der Waals surface area contributed by atoms with E-state index in [-0.39, 0.29) is 15.6 Å². The molecule has 0 atom stereocenters. The third kappa shape index (κ3) is 5.91. The summed E-state index contributed by atoms with van der Waals surface area (Å²) in [4.78, 5) is 4.58. The summed E-state index contributed by atoms with van der Waals surface area (Å²) in [6.07, 6.45) is 1.53. The highest BCUT2D eigenvalue weighted by atomic mass is 35.5. The van der Waals surface area contributed by atoms with E-state index in [1.54, 1.807) is 59.9 Å². The molecule has 3 aromatic carbocycles. The summed E-state index contributed by atoms with van der Waals surface area (Å²) >= 11 is 19.3. The predicted molar refractivity (Wildman–Crippen MR) is 137 cm³/mol. The van der Waals surface area contributed by atoms with E-state index >= 15 is 0 Å². The van der Waals surface area contributed by atoms with Gasteiger partial charge in [-0.15, -0.1) is 0 Å². The molecule has 0 saturated heterocycles. The smallest absolute Gasteiger partial charge is 0.275 e. The lowest BCUT2D eigenvalue weighted by molar-refractivity contribution is 0.598. The van der Waals surface area contributed by atoms with Gasteiger partial charge in [-0.3, -0.25) is 4.31 Å². The van der Waals surface area contributed by atoms with Gasteiger partial charge in [0, 0.05) is 17.1 Å². The summed E-state index contributed by atoms with van der Waals surface area (Å²) < 4.78 is 29.7. The minimum absolute atomic E-state index is 0.139. The standard InChI is InChI=1S/C22H20Cl3N3O2S2/c1-15-4-8-19(9-5-15)32(29,30)28(22-11-7-18(24)13-20(22)25)31-27(3)14-26-21-10-6-17(23)12-16(21)2/h4-14H,1-3H3. The Kier molecular flexibility index (Phi) is 8.01. The van der Waals surface area contributed by atoms with E-state index in [0.717, 1.165) is 32.7 Å². The molecule has 0 spiro atoms. The molecule has 32 heavy (non-hydrogen) atoms. The largest absolute Gasteiger partial charge is 0.291 e. The molecule has 0 amide bonds. The predicted octanol–water partition coefficient (Wildman–Crippen LogP) is 7.31. The number of hydrogen-bond acceptors (Lipinski definition) is 4. The second-order valence-electron chi connectivity index (χ2n) is 6.94. The molecule has 0 radical (unpaired) electrons. The molecule has 0 unspecified atom stereocenters. The van der Waals surface area contributed by atoms with E-state index in [1.165, 1.54) is 12.4 Å². The third-order valence-corrected chi connectivity index (χ3v) is 8.12. The van der Waals surface area contributed by atoms with Crippen LogP contribution in [0.3, 0.4) is 0 Å². The van der Waals surface area contributed by atoms with Crippen molar-refractivity contribution in [1.29, 1.82) is 0 Å². The van der Waals surface area contributed by atoms with E-state index < -0.39 is 10.0 Å². The maximum Gasteiger partial charge on any atom is 0.275 e. The van der Waals surface area contributed by atoms with Crippen molar-refractivity contribution >= 4 is 74.7 Å². The van der Waals surface area contributed by atoms with Crippen LogP contribution in [-0.4, -0.2) is 26.1 Å². The van der Waals surface area contributed by atoms with Crippen LogP contribution in [0.4, 0.5) is 11.4 Å². The quantitative estimate of drug-likeness (QED) is 0.183. The molecule has 0 saturated carbocycles. The van der Waals surface area contributed by atoms with Crippen molar-refractivity contribution in [3.63, 3.8) is 0 Å². The fourth-order valence-corrected chi connectivity index (χ4v) is 6.10. The topological polar surface area (TPSA) is 53.0 Å². The van der Waals surface area contributed by atoms with Crippen LogP contribution in [0.15, 0.2) is 70.6 Å². The van der Waals surface area contributed by atoms with Crippen LogP contribution in [0.2, 0.25) is 15.1 Å². The van der Waals surface area contributed by atoms with E-state index in [2.05, 4.69) is 4.99 Å². The monoisotopic (exact) mass is 527 g/mol. The van der Waals surface area contributed by atoms with Gasteiger partial charge in [-0.2, -0.15) is 3.71 Å². The molecule has 0 aliphatic carbocycles. The highest BCUT2D eigenvalue weighted by molar-refractivity contribution is 8.13. The molecule has 10 heteroatoms. The Labute approximate surface area is 207 Å². The Morgan fingerprint density at radius 2 is 1.53 bits per heavy atom. The number of sulfonamides is 1. The van der Waals surface area contributed by atoms with Crippen LogP contribution in [0, 0.1) is 13.8 Å². The van der Waals surface area contributed by atoms with Gasteiger partial charge in [0.05, 0.1) is 33.4 Å². The van der Waals surface area contributed by atoms with E-state index in [1.807, 2.05) is 19.9 Å². The van der Waals surface area contributed by atoms with E-state index in [0.29, 0.717) is 10.0 Å². The van der Waals surface area contributed by atoms with E-state index in [4.69, 9.17) is 34.8 Å². The second-order valence-corrected chi connectivity index (χ2v) is 11.3. The van der Waals surface area contributed by atoms with Crippen molar-refractivity contribution in [1.82, 2.24) is 4.31 Å². The SMILES string of the molecule is Cc1ccc(S(=O)(=O)N(SN(C)C=Nc2ccc(Cl)cc2C)c2ccc(Cl)cc2Cl)cc1. The Morgan fingerprint density at radius 1 is 0.906 bits per heavy atom. The van der Waals surface area contributed by atoms with Crippen LogP contribution in [0.1, 0.15) is 11.1 Å². The van der Waals surface area contributed by atoms with Crippen molar-refractivity contribution in [3.05, 3.63) is 86.9 Å². The maximum atomic E-state index is 13.5. The number of halogens is 3.